The minimum atomic E-state index is -3.48. The van der Waals surface area contributed by atoms with E-state index >= 15 is 0 Å². The van der Waals surface area contributed by atoms with Gasteiger partial charge in [-0.1, -0.05) is 13.3 Å². The first-order valence-electron chi connectivity index (χ1n) is 9.88. The highest BCUT2D eigenvalue weighted by Crippen LogP contribution is 2.31. The Labute approximate surface area is 169 Å². The molecule has 6 nitrogen and oxygen atoms in total. The lowest BCUT2D eigenvalue weighted by atomic mass is 10.2. The predicted molar refractivity (Wildman–Crippen MR) is 117 cm³/mol. The monoisotopic (exact) mass is 412 g/mol. The maximum absolute atomic E-state index is 13.1. The number of hydrogen-bond acceptors (Lipinski definition) is 4. The van der Waals surface area contributed by atoms with Gasteiger partial charge in [0.2, 0.25) is 10.0 Å². The quantitative estimate of drug-likeness (QED) is 0.638. The Balaban J connectivity index is 2.37. The molecular weight excluding hydrogens is 380 g/mol. The number of nitrogens with zero attached hydrogens (tertiary/aromatic N) is 2. The molecule has 0 spiro atoms. The van der Waals surface area contributed by atoms with E-state index in [1.54, 1.807) is 16.4 Å². The largest absolute Gasteiger partial charge is 0.370 e. The van der Waals surface area contributed by atoms with Crippen LogP contribution in [0.25, 0.3) is 0 Å². The van der Waals surface area contributed by atoms with E-state index in [-0.39, 0.29) is 0 Å². The molecule has 1 aromatic carbocycles. The number of nitrogens with one attached hydrogen (secondary N) is 2. The van der Waals surface area contributed by atoms with Crippen molar-refractivity contribution in [2.75, 3.05) is 42.9 Å². The summed E-state index contributed by atoms with van der Waals surface area (Å²) in [6.45, 7) is 9.87. The van der Waals surface area contributed by atoms with Crippen LogP contribution in [0.4, 0.5) is 11.4 Å². The minimum Gasteiger partial charge on any atom is -0.370 e. The molecule has 0 bridgehead atoms. The van der Waals surface area contributed by atoms with Gasteiger partial charge in [-0.2, -0.15) is 4.31 Å². The first-order chi connectivity index (χ1) is 12.9. The summed E-state index contributed by atoms with van der Waals surface area (Å²) in [5.74, 6) is 0. The molecule has 1 fully saturated rings. The van der Waals surface area contributed by atoms with Crippen molar-refractivity contribution in [3.05, 3.63) is 18.2 Å². The molecule has 0 aliphatic carbocycles. The molecule has 1 heterocycles. The smallest absolute Gasteiger partial charge is 0.243 e. The third-order valence-corrected chi connectivity index (χ3v) is 6.95. The van der Waals surface area contributed by atoms with Crippen LogP contribution < -0.4 is 15.5 Å². The van der Waals surface area contributed by atoms with Crippen molar-refractivity contribution in [1.29, 1.82) is 0 Å². The van der Waals surface area contributed by atoms with Gasteiger partial charge in [-0.05, 0) is 63.5 Å². The Bertz CT molecular complexity index is 727. The van der Waals surface area contributed by atoms with E-state index in [4.69, 9.17) is 12.2 Å². The molecule has 0 amide bonds. The normalized spacial score (nSPS) is 15.4. The van der Waals surface area contributed by atoms with E-state index in [9.17, 15) is 8.42 Å². The van der Waals surface area contributed by atoms with Crippen LogP contribution in [0.1, 0.15) is 46.5 Å². The molecule has 0 atom stereocenters. The van der Waals surface area contributed by atoms with Crippen LogP contribution in [0.5, 0.6) is 0 Å². The summed E-state index contributed by atoms with van der Waals surface area (Å²) in [5, 5.41) is 6.86. The molecule has 0 radical (unpaired) electrons. The van der Waals surface area contributed by atoms with Crippen LogP contribution in [0, 0.1) is 0 Å². The average Bonchev–Trinajstić information content (AvgIpc) is 2.69. The van der Waals surface area contributed by atoms with Crippen molar-refractivity contribution in [2.45, 2.75) is 51.3 Å². The molecule has 2 rings (SSSR count). The maximum Gasteiger partial charge on any atom is 0.243 e. The van der Waals surface area contributed by atoms with Crippen molar-refractivity contribution >= 4 is 38.7 Å². The van der Waals surface area contributed by atoms with Gasteiger partial charge in [0.15, 0.2) is 5.11 Å². The second kappa shape index (κ2) is 10.2. The second-order valence-corrected chi connectivity index (χ2v) is 9.04. The molecule has 1 aliphatic rings. The average molecular weight is 413 g/mol. The standard InChI is InChI=1S/C19H32N4O2S2/c1-4-12-20-19(26)21-17-15-16(10-11-18(17)22(5-2)6-3)27(24,25)23-13-8-7-9-14-23/h10-11,15H,4-9,12-14H2,1-3H3,(H2,20,21,26). The van der Waals surface area contributed by atoms with Crippen molar-refractivity contribution in [2.24, 2.45) is 0 Å². The van der Waals surface area contributed by atoms with Gasteiger partial charge < -0.3 is 15.5 Å². The summed E-state index contributed by atoms with van der Waals surface area (Å²) in [5.41, 5.74) is 1.68. The number of sulfonamides is 1. The van der Waals surface area contributed by atoms with E-state index < -0.39 is 10.0 Å². The summed E-state index contributed by atoms with van der Waals surface area (Å²) >= 11 is 5.38. The van der Waals surface area contributed by atoms with Gasteiger partial charge in [0.25, 0.3) is 0 Å². The van der Waals surface area contributed by atoms with Gasteiger partial charge in [0.05, 0.1) is 16.3 Å². The van der Waals surface area contributed by atoms with Gasteiger partial charge in [0, 0.05) is 32.7 Å². The van der Waals surface area contributed by atoms with E-state index in [0.717, 1.165) is 56.7 Å². The molecule has 1 saturated heterocycles. The van der Waals surface area contributed by atoms with Crippen molar-refractivity contribution in [3.63, 3.8) is 0 Å². The summed E-state index contributed by atoms with van der Waals surface area (Å²) in [4.78, 5) is 2.50. The van der Waals surface area contributed by atoms with Crippen LogP contribution in [0.3, 0.4) is 0 Å². The molecule has 1 aliphatic heterocycles. The topological polar surface area (TPSA) is 64.7 Å². The zero-order valence-electron chi connectivity index (χ0n) is 16.6. The Morgan fingerprint density at radius 1 is 1.15 bits per heavy atom. The number of anilines is 2. The molecule has 0 saturated carbocycles. The van der Waals surface area contributed by atoms with Gasteiger partial charge >= 0.3 is 0 Å². The molecule has 0 aromatic heterocycles. The third-order valence-electron chi connectivity index (χ3n) is 4.81. The van der Waals surface area contributed by atoms with Crippen LogP contribution in [0.15, 0.2) is 23.1 Å². The lowest BCUT2D eigenvalue weighted by Gasteiger charge is -2.28. The Morgan fingerprint density at radius 2 is 1.81 bits per heavy atom. The molecule has 8 heteroatoms. The molecule has 0 unspecified atom stereocenters. The molecule has 152 valence electrons. The number of rotatable bonds is 8. The number of thiocarbonyl (C=S) groups is 1. The highest BCUT2D eigenvalue weighted by Gasteiger charge is 2.27. The summed E-state index contributed by atoms with van der Waals surface area (Å²) in [6.07, 6.45) is 3.91. The second-order valence-electron chi connectivity index (χ2n) is 6.70. The van der Waals surface area contributed by atoms with E-state index in [1.807, 2.05) is 6.07 Å². The highest BCUT2D eigenvalue weighted by atomic mass is 32.2. The lowest BCUT2D eigenvalue weighted by molar-refractivity contribution is 0.346. The van der Waals surface area contributed by atoms with Crippen LogP contribution >= 0.6 is 12.2 Å². The van der Waals surface area contributed by atoms with Crippen molar-refractivity contribution in [3.8, 4) is 0 Å². The van der Waals surface area contributed by atoms with E-state index in [0.29, 0.717) is 23.1 Å². The fourth-order valence-electron chi connectivity index (χ4n) is 3.28. The highest BCUT2D eigenvalue weighted by molar-refractivity contribution is 7.89. The predicted octanol–water partition coefficient (Wildman–Crippen LogP) is 3.40. The van der Waals surface area contributed by atoms with Crippen LogP contribution in [-0.4, -0.2) is 50.6 Å². The number of hydrogen-bond donors (Lipinski definition) is 2. The lowest BCUT2D eigenvalue weighted by Crippen LogP contribution is -2.36. The van der Waals surface area contributed by atoms with Gasteiger partial charge in [-0.3, -0.25) is 0 Å². The fraction of sp³-hybridized carbons (Fsp3) is 0.632. The van der Waals surface area contributed by atoms with Gasteiger partial charge in [-0.15, -0.1) is 0 Å². The van der Waals surface area contributed by atoms with Gasteiger partial charge in [-0.25, -0.2) is 8.42 Å². The SMILES string of the molecule is CCCNC(=S)Nc1cc(S(=O)(=O)N2CCCCC2)ccc1N(CC)CC. The summed E-state index contributed by atoms with van der Waals surface area (Å²) in [6, 6.07) is 5.32. The molecular formula is C19H32N4O2S2. The van der Waals surface area contributed by atoms with E-state index in [1.165, 1.54) is 0 Å². The first-order valence-corrected chi connectivity index (χ1v) is 11.7. The third kappa shape index (κ3) is 5.56. The molecule has 2 N–H and O–H groups in total. The van der Waals surface area contributed by atoms with Gasteiger partial charge in [0.1, 0.15) is 0 Å². The molecule has 27 heavy (non-hydrogen) atoms. The van der Waals surface area contributed by atoms with Crippen LogP contribution in [-0.2, 0) is 10.0 Å². The summed E-state index contributed by atoms with van der Waals surface area (Å²) < 4.78 is 27.7. The van der Waals surface area contributed by atoms with E-state index in [2.05, 4.69) is 36.3 Å². The Hall–Kier alpha value is -1.38. The zero-order valence-corrected chi connectivity index (χ0v) is 18.3. The number of benzene rings is 1. The van der Waals surface area contributed by atoms with Crippen molar-refractivity contribution in [1.82, 2.24) is 9.62 Å². The first kappa shape index (κ1) is 21.9. The maximum atomic E-state index is 13.1. The molecule has 1 aromatic rings. The van der Waals surface area contributed by atoms with Crippen molar-refractivity contribution < 1.29 is 8.42 Å². The Morgan fingerprint density at radius 3 is 2.41 bits per heavy atom. The number of piperidine rings is 1. The van der Waals surface area contributed by atoms with Crippen LogP contribution in [0.2, 0.25) is 0 Å². The fourth-order valence-corrected chi connectivity index (χ4v) is 5.03. The summed E-state index contributed by atoms with van der Waals surface area (Å²) in [7, 11) is -3.48. The zero-order chi connectivity index (χ0) is 19.9. The minimum absolute atomic E-state index is 0.320. The Kier molecular flexibility index (Phi) is 8.31.